The van der Waals surface area contributed by atoms with Crippen LogP contribution in [0.4, 0.5) is 43.9 Å². The molecule has 142 valence electrons. The molecule has 0 aliphatic heterocycles. The number of alkyl halides is 10. The summed E-state index contributed by atoms with van der Waals surface area (Å²) in [5, 5.41) is 0. The fourth-order valence-corrected chi connectivity index (χ4v) is 1.16. The zero-order valence-electron chi connectivity index (χ0n) is 11.7. The van der Waals surface area contributed by atoms with Gasteiger partial charge in [-0.2, -0.15) is 43.9 Å². The molecule has 0 aromatic heterocycles. The van der Waals surface area contributed by atoms with Gasteiger partial charge in [0.15, 0.2) is 0 Å². The van der Waals surface area contributed by atoms with E-state index < -0.39 is 49.5 Å². The topological polar surface area (TPSA) is 35.5 Å². The molecule has 0 radical (unpaired) electrons. The van der Waals surface area contributed by atoms with Crippen molar-refractivity contribution in [2.75, 3.05) is 13.2 Å². The molecule has 0 rings (SSSR count). The summed E-state index contributed by atoms with van der Waals surface area (Å²) in [5.41, 5.74) is -0.243. The van der Waals surface area contributed by atoms with E-state index >= 15 is 0 Å². The predicted molar refractivity (Wildman–Crippen MR) is 57.5 cm³/mol. The molecular formula is C11H10F10O3. The van der Waals surface area contributed by atoms with Gasteiger partial charge >= 0.3 is 30.2 Å². The Bertz CT molecular complexity index is 440. The van der Waals surface area contributed by atoms with Gasteiger partial charge in [0.1, 0.15) is 6.61 Å². The molecule has 0 bridgehead atoms. The van der Waals surface area contributed by atoms with Crippen LogP contribution in [0.15, 0.2) is 12.2 Å². The van der Waals surface area contributed by atoms with Crippen molar-refractivity contribution in [1.29, 1.82) is 0 Å². The van der Waals surface area contributed by atoms with Crippen molar-refractivity contribution in [1.82, 2.24) is 0 Å². The molecular weight excluding hydrogens is 370 g/mol. The Morgan fingerprint density at radius 3 is 1.54 bits per heavy atom. The quantitative estimate of drug-likeness (QED) is 0.291. The summed E-state index contributed by atoms with van der Waals surface area (Å²) in [5.74, 6) is -14.2. The van der Waals surface area contributed by atoms with Crippen molar-refractivity contribution in [2.24, 2.45) is 0 Å². The van der Waals surface area contributed by atoms with Crippen molar-refractivity contribution in [3.63, 3.8) is 0 Å². The van der Waals surface area contributed by atoms with Gasteiger partial charge in [0.05, 0.1) is 6.61 Å². The van der Waals surface area contributed by atoms with E-state index in [-0.39, 0.29) is 5.57 Å². The predicted octanol–water partition coefficient (Wildman–Crippen LogP) is 3.89. The fraction of sp³-hybridized carbons (Fsp3) is 0.727. The molecule has 0 aromatic carbocycles. The maximum Gasteiger partial charge on any atom is 0.456 e. The molecule has 0 heterocycles. The average Bonchev–Trinajstić information content (AvgIpc) is 2.34. The summed E-state index contributed by atoms with van der Waals surface area (Å²) in [6, 6.07) is 0. The lowest BCUT2D eigenvalue weighted by atomic mass is 10.0. The Kier molecular flexibility index (Phi) is 6.69. The van der Waals surface area contributed by atoms with Crippen LogP contribution in [0.2, 0.25) is 0 Å². The molecule has 0 unspecified atom stereocenters. The van der Waals surface area contributed by atoms with Crippen molar-refractivity contribution >= 4 is 5.97 Å². The molecule has 0 saturated heterocycles. The Hall–Kier alpha value is -1.53. The van der Waals surface area contributed by atoms with E-state index in [0.717, 1.165) is 6.92 Å². The average molecular weight is 380 g/mol. The standard InChI is InChI=1S/C11H10F10O3/c1-5(2)6(22)23-3-4-24-7(8(12,13)10(16,17)18)9(14,15)11(19,20)21/h7H,1,3-4H2,2H3. The summed E-state index contributed by atoms with van der Waals surface area (Å²) < 4.78 is 132. The Morgan fingerprint density at radius 1 is 0.875 bits per heavy atom. The molecule has 0 amide bonds. The van der Waals surface area contributed by atoms with Crippen LogP contribution in [0.3, 0.4) is 0 Å². The van der Waals surface area contributed by atoms with E-state index in [0.29, 0.717) is 0 Å². The van der Waals surface area contributed by atoms with Crippen molar-refractivity contribution < 1.29 is 58.2 Å². The maximum atomic E-state index is 13.0. The first-order valence-electron chi connectivity index (χ1n) is 5.79. The van der Waals surface area contributed by atoms with E-state index in [1.807, 2.05) is 0 Å². The first kappa shape index (κ1) is 22.5. The van der Waals surface area contributed by atoms with Gasteiger partial charge in [0, 0.05) is 5.57 Å². The second-order valence-corrected chi connectivity index (χ2v) is 4.41. The Morgan fingerprint density at radius 2 is 1.25 bits per heavy atom. The highest BCUT2D eigenvalue weighted by molar-refractivity contribution is 5.86. The number of hydrogen-bond acceptors (Lipinski definition) is 3. The maximum absolute atomic E-state index is 13.0. The zero-order chi connectivity index (χ0) is 19.6. The molecule has 0 aromatic rings. The van der Waals surface area contributed by atoms with Gasteiger partial charge in [-0.3, -0.25) is 0 Å². The van der Waals surface area contributed by atoms with Crippen molar-refractivity contribution in [2.45, 2.75) is 37.2 Å². The lowest BCUT2D eigenvalue weighted by molar-refractivity contribution is -0.391. The SMILES string of the molecule is C=C(C)C(=O)OCCOC(C(F)(F)C(F)(F)F)C(F)(F)C(F)(F)F. The van der Waals surface area contributed by atoms with Crippen LogP contribution in [-0.4, -0.2) is 49.5 Å². The Labute approximate surface area is 128 Å². The number of hydrogen-bond donors (Lipinski definition) is 0. The lowest BCUT2D eigenvalue weighted by Crippen LogP contribution is -2.61. The van der Waals surface area contributed by atoms with E-state index in [1.165, 1.54) is 0 Å². The van der Waals surface area contributed by atoms with E-state index in [4.69, 9.17) is 0 Å². The summed E-state index contributed by atoms with van der Waals surface area (Å²) in [4.78, 5) is 10.9. The Balaban J connectivity index is 5.32. The van der Waals surface area contributed by atoms with Crippen molar-refractivity contribution in [3.8, 4) is 0 Å². The summed E-state index contributed by atoms with van der Waals surface area (Å²) in [6.07, 6.45) is -18.4. The van der Waals surface area contributed by atoms with Gasteiger partial charge in [0.25, 0.3) is 0 Å². The number of carbonyl (C=O) groups is 1. The zero-order valence-corrected chi connectivity index (χ0v) is 11.7. The number of halogens is 10. The molecule has 3 nitrogen and oxygen atoms in total. The van der Waals surface area contributed by atoms with Gasteiger partial charge in [-0.1, -0.05) is 6.58 Å². The molecule has 0 aliphatic carbocycles. The first-order chi connectivity index (χ1) is 10.5. The van der Waals surface area contributed by atoms with Gasteiger partial charge in [-0.25, -0.2) is 4.79 Å². The number of carbonyl (C=O) groups excluding carboxylic acids is 1. The minimum Gasteiger partial charge on any atom is -0.460 e. The molecule has 0 aliphatic rings. The van der Waals surface area contributed by atoms with Gasteiger partial charge in [-0.05, 0) is 6.92 Å². The molecule has 0 saturated carbocycles. The molecule has 13 heteroatoms. The number of rotatable bonds is 7. The summed E-state index contributed by atoms with van der Waals surface area (Å²) >= 11 is 0. The largest absolute Gasteiger partial charge is 0.460 e. The fourth-order valence-electron chi connectivity index (χ4n) is 1.16. The van der Waals surface area contributed by atoms with Crippen LogP contribution in [0.5, 0.6) is 0 Å². The normalized spacial score (nSPS) is 14.0. The number of ether oxygens (including phenoxy) is 2. The van der Waals surface area contributed by atoms with E-state index in [1.54, 1.807) is 0 Å². The summed E-state index contributed by atoms with van der Waals surface area (Å²) in [7, 11) is 0. The third kappa shape index (κ3) is 4.98. The van der Waals surface area contributed by atoms with Crippen LogP contribution in [0.1, 0.15) is 6.92 Å². The highest BCUT2D eigenvalue weighted by atomic mass is 19.4. The smallest absolute Gasteiger partial charge is 0.456 e. The van der Waals surface area contributed by atoms with Crippen LogP contribution < -0.4 is 0 Å². The van der Waals surface area contributed by atoms with Crippen LogP contribution in [0, 0.1) is 0 Å². The van der Waals surface area contributed by atoms with Crippen molar-refractivity contribution in [3.05, 3.63) is 12.2 Å². The molecule has 0 atom stereocenters. The molecule has 24 heavy (non-hydrogen) atoms. The minimum atomic E-state index is -6.74. The minimum absolute atomic E-state index is 0.243. The summed E-state index contributed by atoms with van der Waals surface area (Å²) in [6.45, 7) is 1.45. The van der Waals surface area contributed by atoms with Crippen LogP contribution >= 0.6 is 0 Å². The highest BCUT2D eigenvalue weighted by Gasteiger charge is 2.76. The van der Waals surface area contributed by atoms with Crippen LogP contribution in [0.25, 0.3) is 0 Å². The van der Waals surface area contributed by atoms with Gasteiger partial charge in [0.2, 0.25) is 6.10 Å². The first-order valence-corrected chi connectivity index (χ1v) is 5.79. The van der Waals surface area contributed by atoms with Crippen LogP contribution in [-0.2, 0) is 14.3 Å². The van der Waals surface area contributed by atoms with E-state index in [2.05, 4.69) is 16.1 Å². The second kappa shape index (κ2) is 7.15. The second-order valence-electron chi connectivity index (χ2n) is 4.41. The lowest BCUT2D eigenvalue weighted by Gasteiger charge is -2.34. The van der Waals surface area contributed by atoms with Gasteiger partial charge < -0.3 is 9.47 Å². The highest BCUT2D eigenvalue weighted by Crippen LogP contribution is 2.49. The molecule has 0 fully saturated rings. The number of esters is 1. The molecule has 0 N–H and O–H groups in total. The van der Waals surface area contributed by atoms with Gasteiger partial charge in [-0.15, -0.1) is 0 Å². The third-order valence-corrected chi connectivity index (χ3v) is 2.36. The van der Waals surface area contributed by atoms with E-state index in [9.17, 15) is 48.7 Å². The third-order valence-electron chi connectivity index (χ3n) is 2.36. The monoisotopic (exact) mass is 380 g/mol. The molecule has 0 spiro atoms.